The second-order valence-electron chi connectivity index (χ2n) is 4.26. The van der Waals surface area contributed by atoms with Gasteiger partial charge in [-0.25, -0.2) is 0 Å². The molecule has 2 N–H and O–H groups in total. The number of amides is 1. The van der Waals surface area contributed by atoms with E-state index >= 15 is 0 Å². The van der Waals surface area contributed by atoms with Crippen LogP contribution in [0, 0.1) is 0 Å². The van der Waals surface area contributed by atoms with Crippen LogP contribution in [0.25, 0.3) is 0 Å². The van der Waals surface area contributed by atoms with Gasteiger partial charge >= 0.3 is 0 Å². The first-order valence-electron chi connectivity index (χ1n) is 6.15. The molecule has 2 rings (SSSR count). The van der Waals surface area contributed by atoms with E-state index in [1.165, 1.54) is 0 Å². The molecule has 2 aromatic rings. The third-order valence-electron chi connectivity index (χ3n) is 2.68. The number of carbonyl (C=O) groups excluding carboxylic acids is 1. The molecule has 0 radical (unpaired) electrons. The van der Waals surface area contributed by atoms with Crippen LogP contribution in [0.1, 0.15) is 5.56 Å². The Hall–Kier alpha value is -1.55. The van der Waals surface area contributed by atoms with Gasteiger partial charge in [-0.15, -0.1) is 0 Å². The maximum Gasteiger partial charge on any atom is 0.238 e. The molecule has 0 saturated heterocycles. The Morgan fingerprint density at radius 1 is 1.00 bits per heavy atom. The van der Waals surface area contributed by atoms with Crippen molar-refractivity contribution in [2.24, 2.45) is 0 Å². The molecule has 0 aromatic heterocycles. The molecule has 0 aliphatic carbocycles. The van der Waals surface area contributed by atoms with Crippen molar-refractivity contribution in [2.45, 2.75) is 6.54 Å². The predicted octanol–water partition coefficient (Wildman–Crippen LogP) is 3.72. The summed E-state index contributed by atoms with van der Waals surface area (Å²) in [7, 11) is 0. The van der Waals surface area contributed by atoms with Crippen molar-refractivity contribution in [3.8, 4) is 0 Å². The summed E-state index contributed by atoms with van der Waals surface area (Å²) in [5, 5.41) is 7.04. The Labute approximate surface area is 127 Å². The fourth-order valence-corrected chi connectivity index (χ4v) is 1.99. The number of rotatable bonds is 5. The van der Waals surface area contributed by atoms with E-state index in [0.29, 0.717) is 22.3 Å². The van der Waals surface area contributed by atoms with Gasteiger partial charge in [-0.3, -0.25) is 4.79 Å². The predicted molar refractivity (Wildman–Crippen MR) is 83.2 cm³/mol. The zero-order chi connectivity index (χ0) is 14.4. The molecule has 5 heteroatoms. The quantitative estimate of drug-likeness (QED) is 0.884. The molecule has 0 atom stereocenters. The molecule has 0 saturated carbocycles. The van der Waals surface area contributed by atoms with Gasteiger partial charge < -0.3 is 10.6 Å². The highest BCUT2D eigenvalue weighted by molar-refractivity contribution is 6.33. The first-order chi connectivity index (χ1) is 9.65. The van der Waals surface area contributed by atoms with E-state index in [2.05, 4.69) is 10.6 Å². The van der Waals surface area contributed by atoms with Gasteiger partial charge in [0.15, 0.2) is 0 Å². The molecule has 1 amide bonds. The Kier molecular flexibility index (Phi) is 5.41. The average molecular weight is 309 g/mol. The normalized spacial score (nSPS) is 10.3. The number of benzene rings is 2. The van der Waals surface area contributed by atoms with E-state index in [-0.39, 0.29) is 12.5 Å². The summed E-state index contributed by atoms with van der Waals surface area (Å²) < 4.78 is 0. The number of nitrogens with one attached hydrogen (secondary N) is 2. The Bertz CT molecular complexity index is 585. The summed E-state index contributed by atoms with van der Waals surface area (Å²) >= 11 is 11.8. The maximum atomic E-state index is 11.8. The molecule has 0 unspecified atom stereocenters. The second kappa shape index (κ2) is 7.29. The lowest BCUT2D eigenvalue weighted by molar-refractivity contribution is -0.115. The molecular formula is C15H14Cl2N2O. The van der Waals surface area contributed by atoms with Crippen LogP contribution in [-0.2, 0) is 11.3 Å². The fourth-order valence-electron chi connectivity index (χ4n) is 1.68. The average Bonchev–Trinajstić information content (AvgIpc) is 2.44. The highest BCUT2D eigenvalue weighted by atomic mass is 35.5. The molecule has 0 spiro atoms. The zero-order valence-electron chi connectivity index (χ0n) is 10.7. The molecule has 0 aliphatic rings. The number of halogens is 2. The lowest BCUT2D eigenvalue weighted by Crippen LogP contribution is -2.27. The van der Waals surface area contributed by atoms with Crippen molar-refractivity contribution in [3.63, 3.8) is 0 Å². The van der Waals surface area contributed by atoms with Crippen molar-refractivity contribution >= 4 is 34.8 Å². The Balaban J connectivity index is 1.78. The van der Waals surface area contributed by atoms with Crippen LogP contribution in [0.15, 0.2) is 48.5 Å². The molecule has 2 aromatic carbocycles. The summed E-state index contributed by atoms with van der Waals surface area (Å²) in [6, 6.07) is 14.6. The van der Waals surface area contributed by atoms with Gasteiger partial charge in [0.2, 0.25) is 5.91 Å². The number of carbonyl (C=O) groups is 1. The van der Waals surface area contributed by atoms with E-state index in [0.717, 1.165) is 5.56 Å². The van der Waals surface area contributed by atoms with Crippen LogP contribution in [-0.4, -0.2) is 12.5 Å². The SMILES string of the molecule is O=C(CNCc1ccc(Cl)cc1)Nc1ccccc1Cl. The van der Waals surface area contributed by atoms with Crippen LogP contribution in [0.5, 0.6) is 0 Å². The molecule has 3 nitrogen and oxygen atoms in total. The lowest BCUT2D eigenvalue weighted by atomic mass is 10.2. The monoisotopic (exact) mass is 308 g/mol. The summed E-state index contributed by atoms with van der Waals surface area (Å²) in [4.78, 5) is 11.8. The lowest BCUT2D eigenvalue weighted by Gasteiger charge is -2.08. The second-order valence-corrected chi connectivity index (χ2v) is 5.10. The standard InChI is InChI=1S/C15H14Cl2N2O/c16-12-7-5-11(6-8-12)9-18-10-15(20)19-14-4-2-1-3-13(14)17/h1-8,18H,9-10H2,(H,19,20). The van der Waals surface area contributed by atoms with Gasteiger partial charge in [0.05, 0.1) is 17.3 Å². The summed E-state index contributed by atoms with van der Waals surface area (Å²) in [6.45, 7) is 0.820. The minimum absolute atomic E-state index is 0.132. The van der Waals surface area contributed by atoms with Gasteiger partial charge in [-0.05, 0) is 29.8 Å². The van der Waals surface area contributed by atoms with Gasteiger partial charge in [-0.1, -0.05) is 47.5 Å². The molecule has 0 fully saturated rings. The number of para-hydroxylation sites is 1. The Morgan fingerprint density at radius 2 is 1.70 bits per heavy atom. The van der Waals surface area contributed by atoms with Crippen LogP contribution >= 0.6 is 23.2 Å². The first kappa shape index (κ1) is 14.9. The molecule has 104 valence electrons. The number of hydrogen-bond acceptors (Lipinski definition) is 2. The van der Waals surface area contributed by atoms with Gasteiger partial charge in [-0.2, -0.15) is 0 Å². The number of hydrogen-bond donors (Lipinski definition) is 2. The van der Waals surface area contributed by atoms with E-state index in [1.54, 1.807) is 12.1 Å². The Morgan fingerprint density at radius 3 is 2.40 bits per heavy atom. The third kappa shape index (κ3) is 4.53. The van der Waals surface area contributed by atoms with Gasteiger partial charge in [0.25, 0.3) is 0 Å². The van der Waals surface area contributed by atoms with Crippen LogP contribution in [0.3, 0.4) is 0 Å². The minimum atomic E-state index is -0.132. The van der Waals surface area contributed by atoms with Crippen molar-refractivity contribution in [3.05, 3.63) is 64.1 Å². The van der Waals surface area contributed by atoms with Crippen molar-refractivity contribution in [1.29, 1.82) is 0 Å². The molecular weight excluding hydrogens is 295 g/mol. The highest BCUT2D eigenvalue weighted by Crippen LogP contribution is 2.20. The van der Waals surface area contributed by atoms with E-state index in [1.807, 2.05) is 36.4 Å². The van der Waals surface area contributed by atoms with E-state index in [4.69, 9.17) is 23.2 Å². The minimum Gasteiger partial charge on any atom is -0.324 e. The molecule has 20 heavy (non-hydrogen) atoms. The molecule has 0 heterocycles. The smallest absolute Gasteiger partial charge is 0.238 e. The topological polar surface area (TPSA) is 41.1 Å². The van der Waals surface area contributed by atoms with Crippen LogP contribution < -0.4 is 10.6 Å². The first-order valence-corrected chi connectivity index (χ1v) is 6.90. The summed E-state index contributed by atoms with van der Waals surface area (Å²) in [5.41, 5.74) is 1.69. The zero-order valence-corrected chi connectivity index (χ0v) is 12.2. The van der Waals surface area contributed by atoms with Crippen molar-refractivity contribution < 1.29 is 4.79 Å². The molecule has 0 bridgehead atoms. The van der Waals surface area contributed by atoms with E-state index in [9.17, 15) is 4.79 Å². The molecule has 0 aliphatic heterocycles. The largest absolute Gasteiger partial charge is 0.324 e. The van der Waals surface area contributed by atoms with Crippen LogP contribution in [0.2, 0.25) is 10.0 Å². The highest BCUT2D eigenvalue weighted by Gasteiger charge is 2.04. The van der Waals surface area contributed by atoms with E-state index < -0.39 is 0 Å². The fraction of sp³-hybridized carbons (Fsp3) is 0.133. The third-order valence-corrected chi connectivity index (χ3v) is 3.26. The summed E-state index contributed by atoms with van der Waals surface area (Å²) in [6.07, 6.45) is 0. The van der Waals surface area contributed by atoms with Crippen molar-refractivity contribution in [1.82, 2.24) is 5.32 Å². The number of anilines is 1. The van der Waals surface area contributed by atoms with Crippen molar-refractivity contribution in [2.75, 3.05) is 11.9 Å². The van der Waals surface area contributed by atoms with Crippen LogP contribution in [0.4, 0.5) is 5.69 Å². The maximum absolute atomic E-state index is 11.8. The van der Waals surface area contributed by atoms with Gasteiger partial charge in [0, 0.05) is 11.6 Å². The summed E-state index contributed by atoms with van der Waals surface area (Å²) in [5.74, 6) is -0.132. The van der Waals surface area contributed by atoms with Gasteiger partial charge in [0.1, 0.15) is 0 Å².